The first-order chi connectivity index (χ1) is 14.2. The number of fused-ring (bicyclic) bond motifs is 1. The van der Waals surface area contributed by atoms with Gasteiger partial charge in [0.25, 0.3) is 15.9 Å². The fourth-order valence-corrected chi connectivity index (χ4v) is 4.40. The van der Waals surface area contributed by atoms with Crippen LogP contribution in [0.1, 0.15) is 30.1 Å². The largest absolute Gasteiger partial charge is 0.349 e. The van der Waals surface area contributed by atoms with Crippen LogP contribution in [0.15, 0.2) is 58.2 Å². The predicted octanol–water partition coefficient (Wildman–Crippen LogP) is 3.00. The molecule has 9 heteroatoms. The first kappa shape index (κ1) is 20.1. The Morgan fingerprint density at radius 2 is 1.83 bits per heavy atom. The van der Waals surface area contributed by atoms with Gasteiger partial charge in [-0.2, -0.15) is 0 Å². The number of aromatic amines is 1. The summed E-state index contributed by atoms with van der Waals surface area (Å²) in [6, 6.07) is 10.2. The van der Waals surface area contributed by atoms with E-state index in [-0.39, 0.29) is 22.2 Å². The second-order valence-corrected chi connectivity index (χ2v) is 9.15. The number of rotatable bonds is 6. The van der Waals surface area contributed by atoms with Gasteiger partial charge in [-0.05, 0) is 68.1 Å². The van der Waals surface area contributed by atoms with Gasteiger partial charge >= 0.3 is 0 Å². The fourth-order valence-electron chi connectivity index (χ4n) is 3.32. The lowest BCUT2D eigenvalue weighted by Gasteiger charge is -2.14. The molecule has 1 heterocycles. The fraction of sp³-hybridized carbons (Fsp3) is 0.238. The summed E-state index contributed by atoms with van der Waals surface area (Å²) in [5.74, 6) is -0.478. The van der Waals surface area contributed by atoms with Crippen molar-refractivity contribution in [3.8, 4) is 0 Å². The summed E-state index contributed by atoms with van der Waals surface area (Å²) in [6.45, 7) is 1.91. The summed E-state index contributed by atoms with van der Waals surface area (Å²) in [7, 11) is -3.99. The summed E-state index contributed by atoms with van der Waals surface area (Å²) in [6.07, 6.45) is 2.10. The van der Waals surface area contributed by atoms with Crippen molar-refractivity contribution in [1.82, 2.24) is 10.3 Å². The van der Waals surface area contributed by atoms with Crippen molar-refractivity contribution in [2.75, 3.05) is 4.72 Å². The number of aromatic nitrogens is 1. The van der Waals surface area contributed by atoms with Gasteiger partial charge in [-0.15, -0.1) is 0 Å². The van der Waals surface area contributed by atoms with Crippen LogP contribution in [0.3, 0.4) is 0 Å². The van der Waals surface area contributed by atoms with Crippen molar-refractivity contribution in [1.29, 1.82) is 0 Å². The number of anilines is 1. The molecule has 1 amide bonds. The number of sulfonamides is 1. The van der Waals surface area contributed by atoms with Crippen molar-refractivity contribution in [3.05, 3.63) is 70.3 Å². The van der Waals surface area contributed by atoms with E-state index in [2.05, 4.69) is 15.0 Å². The van der Waals surface area contributed by atoms with Crippen LogP contribution in [0.4, 0.5) is 10.1 Å². The van der Waals surface area contributed by atoms with Crippen LogP contribution in [0.25, 0.3) is 10.9 Å². The molecular weight excluding hydrogens is 409 g/mol. The molecule has 0 saturated heterocycles. The Labute approximate surface area is 172 Å². The molecule has 0 aliphatic heterocycles. The van der Waals surface area contributed by atoms with Crippen LogP contribution in [-0.2, 0) is 10.0 Å². The van der Waals surface area contributed by atoms with E-state index in [0.717, 1.165) is 25.0 Å². The van der Waals surface area contributed by atoms with Crippen molar-refractivity contribution in [2.24, 2.45) is 5.92 Å². The molecule has 2 aromatic carbocycles. The molecule has 0 radical (unpaired) electrons. The average Bonchev–Trinajstić information content (AvgIpc) is 3.54. The van der Waals surface area contributed by atoms with Crippen molar-refractivity contribution < 1.29 is 17.6 Å². The van der Waals surface area contributed by atoms with E-state index in [1.54, 1.807) is 0 Å². The molecule has 0 bridgehead atoms. The summed E-state index contributed by atoms with van der Waals surface area (Å²) in [5, 5.41) is 3.21. The normalized spacial score (nSPS) is 15.0. The van der Waals surface area contributed by atoms with E-state index in [1.807, 2.05) is 6.92 Å². The van der Waals surface area contributed by atoms with Gasteiger partial charge in [-0.3, -0.25) is 14.3 Å². The van der Waals surface area contributed by atoms with E-state index in [1.165, 1.54) is 36.4 Å². The molecule has 1 aromatic heterocycles. The lowest BCUT2D eigenvalue weighted by atomic mass is 10.1. The molecule has 1 aliphatic carbocycles. The first-order valence-corrected chi connectivity index (χ1v) is 11.0. The molecule has 1 saturated carbocycles. The molecule has 156 valence electrons. The van der Waals surface area contributed by atoms with Gasteiger partial charge in [0, 0.05) is 28.7 Å². The van der Waals surface area contributed by atoms with Crippen LogP contribution < -0.4 is 15.6 Å². The number of hydrogen-bond acceptors (Lipinski definition) is 4. The molecule has 4 rings (SSSR count). The second kappa shape index (κ2) is 7.56. The molecular formula is C21H20FN3O4S. The Kier molecular flexibility index (Phi) is 5.07. The maximum atomic E-state index is 13.1. The predicted molar refractivity (Wildman–Crippen MR) is 111 cm³/mol. The lowest BCUT2D eigenvalue weighted by molar-refractivity contribution is 0.0937. The smallest absolute Gasteiger partial charge is 0.261 e. The number of H-pyrrole nitrogens is 1. The van der Waals surface area contributed by atoms with E-state index >= 15 is 0 Å². The number of carbonyl (C=O) groups excluding carboxylic acids is 1. The zero-order chi connectivity index (χ0) is 21.5. The van der Waals surface area contributed by atoms with Gasteiger partial charge in [0.15, 0.2) is 0 Å². The molecule has 3 N–H and O–H groups in total. The van der Waals surface area contributed by atoms with E-state index in [9.17, 15) is 22.4 Å². The maximum absolute atomic E-state index is 13.1. The van der Waals surface area contributed by atoms with Gasteiger partial charge in [0.05, 0.1) is 10.5 Å². The van der Waals surface area contributed by atoms with Crippen LogP contribution >= 0.6 is 0 Å². The minimum Gasteiger partial charge on any atom is -0.349 e. The SMILES string of the molecule is CC(NC(=O)c1cc(=O)[nH]c2ccc(S(=O)(=O)Nc3ccc(F)cc3)cc12)C1CC1. The number of halogens is 1. The van der Waals surface area contributed by atoms with Gasteiger partial charge in [0.2, 0.25) is 5.56 Å². The minimum atomic E-state index is -3.99. The monoisotopic (exact) mass is 429 g/mol. The highest BCUT2D eigenvalue weighted by atomic mass is 32.2. The molecule has 1 atom stereocenters. The summed E-state index contributed by atoms with van der Waals surface area (Å²) in [4.78, 5) is 27.3. The quantitative estimate of drug-likeness (QED) is 0.560. The highest BCUT2D eigenvalue weighted by Crippen LogP contribution is 2.32. The Bertz CT molecular complexity index is 1280. The molecule has 1 fully saturated rings. The average molecular weight is 429 g/mol. The molecule has 7 nitrogen and oxygen atoms in total. The zero-order valence-electron chi connectivity index (χ0n) is 16.1. The van der Waals surface area contributed by atoms with Gasteiger partial charge in [-0.1, -0.05) is 0 Å². The molecule has 0 spiro atoms. The van der Waals surface area contributed by atoms with Crippen LogP contribution in [0.2, 0.25) is 0 Å². The Balaban J connectivity index is 1.71. The van der Waals surface area contributed by atoms with Crippen LogP contribution in [0, 0.1) is 11.7 Å². The number of nitrogens with one attached hydrogen (secondary N) is 3. The van der Waals surface area contributed by atoms with E-state index in [0.29, 0.717) is 16.8 Å². The van der Waals surface area contributed by atoms with Crippen molar-refractivity contribution >= 4 is 32.5 Å². The van der Waals surface area contributed by atoms with Crippen LogP contribution in [-0.4, -0.2) is 25.4 Å². The zero-order valence-corrected chi connectivity index (χ0v) is 16.9. The Morgan fingerprint density at radius 3 is 2.50 bits per heavy atom. The summed E-state index contributed by atoms with van der Waals surface area (Å²) in [5.41, 5.74) is 0.216. The van der Waals surface area contributed by atoms with Gasteiger partial charge in [-0.25, -0.2) is 12.8 Å². The molecule has 1 aliphatic rings. The van der Waals surface area contributed by atoms with Crippen LogP contribution in [0.5, 0.6) is 0 Å². The Morgan fingerprint density at radius 1 is 1.13 bits per heavy atom. The summed E-state index contributed by atoms with van der Waals surface area (Å²) >= 11 is 0. The number of pyridine rings is 1. The molecule has 30 heavy (non-hydrogen) atoms. The molecule has 3 aromatic rings. The Hall–Kier alpha value is -3.20. The van der Waals surface area contributed by atoms with Crippen molar-refractivity contribution in [3.63, 3.8) is 0 Å². The highest BCUT2D eigenvalue weighted by Gasteiger charge is 2.29. The standard InChI is InChI=1S/C21H20FN3O4S/c1-12(13-2-3-13)23-21(27)18-11-20(26)24-19-9-8-16(10-17(18)19)30(28,29)25-15-6-4-14(22)5-7-15/h4-13,25H,2-3H2,1H3,(H,23,27)(H,24,26). The van der Waals surface area contributed by atoms with Gasteiger partial charge < -0.3 is 10.3 Å². The van der Waals surface area contributed by atoms with E-state index < -0.39 is 27.3 Å². The number of benzene rings is 2. The van der Waals surface area contributed by atoms with Gasteiger partial charge in [0.1, 0.15) is 5.82 Å². The highest BCUT2D eigenvalue weighted by molar-refractivity contribution is 7.92. The number of amides is 1. The maximum Gasteiger partial charge on any atom is 0.261 e. The minimum absolute atomic E-state index is 0.0288. The third-order valence-corrected chi connectivity index (χ3v) is 6.53. The second-order valence-electron chi connectivity index (χ2n) is 7.47. The lowest BCUT2D eigenvalue weighted by Crippen LogP contribution is -2.34. The topological polar surface area (TPSA) is 108 Å². The third-order valence-electron chi connectivity index (χ3n) is 5.15. The number of carbonyl (C=O) groups is 1. The first-order valence-electron chi connectivity index (χ1n) is 9.49. The molecule has 1 unspecified atom stereocenters. The van der Waals surface area contributed by atoms with E-state index in [4.69, 9.17) is 0 Å². The third kappa shape index (κ3) is 4.20. The summed E-state index contributed by atoms with van der Waals surface area (Å²) < 4.78 is 41.0. The van der Waals surface area contributed by atoms with Crippen molar-refractivity contribution in [2.45, 2.75) is 30.7 Å². The number of hydrogen-bond donors (Lipinski definition) is 3.